The number of allylic oxidation sites excluding steroid dienone is 1. The normalized spacial score (nSPS) is 30.8. The van der Waals surface area contributed by atoms with Gasteiger partial charge >= 0.3 is 5.97 Å². The lowest BCUT2D eigenvalue weighted by atomic mass is 9.74. The van der Waals surface area contributed by atoms with E-state index in [4.69, 9.17) is 9.47 Å². The third-order valence-electron chi connectivity index (χ3n) is 9.39. The molecule has 11 heteroatoms. The SMILES string of the molecule is CCN(CC)c1ccc(N2C/C=C\CCC(=O)NC[C@@H](C)OC(=O)[C@@H]3[C@@H]4C=C[C@]5(O4)[C@H](C2=O)N(CCCCCO)C(=O)[C@@H]35)cc1. The Hall–Kier alpha value is -3.70. The Bertz CT molecular complexity index is 1310. The van der Waals surface area contributed by atoms with Crippen LogP contribution in [0.2, 0.25) is 0 Å². The number of carbonyl (C=O) groups is 4. The first kappa shape index (κ1) is 32.7. The molecule has 5 rings (SSSR count). The van der Waals surface area contributed by atoms with Crippen molar-refractivity contribution in [2.45, 2.75) is 76.7 Å². The van der Waals surface area contributed by atoms with Crippen molar-refractivity contribution in [3.63, 3.8) is 0 Å². The van der Waals surface area contributed by atoms with E-state index in [1.807, 2.05) is 36.4 Å². The first-order chi connectivity index (χ1) is 21.7. The second-order valence-electron chi connectivity index (χ2n) is 12.2. The van der Waals surface area contributed by atoms with E-state index in [9.17, 15) is 24.3 Å². The average molecular weight is 623 g/mol. The number of benzene rings is 1. The standard InChI is InChI=1S/C34H46N4O7/c1-4-36(5-2)24-13-15-25(16-14-24)37-19-9-6-8-12-27(40)35-22-23(3)44-33(43)28-26-17-18-34(45-26)29(28)31(41)38(30(34)32(37)42)20-10-7-11-21-39/h6,9,13-18,23,26,28-30,39H,4-5,7-8,10-12,19-22H2,1-3H3,(H,35,40)/b9-6-/t23-,26+,28-,29-,30+,34-/m1/s1. The Morgan fingerprint density at radius 3 is 2.49 bits per heavy atom. The lowest BCUT2D eigenvalue weighted by Gasteiger charge is -2.36. The maximum absolute atomic E-state index is 14.8. The number of amides is 3. The third-order valence-corrected chi connectivity index (χ3v) is 9.39. The van der Waals surface area contributed by atoms with Gasteiger partial charge in [-0.25, -0.2) is 0 Å². The van der Waals surface area contributed by atoms with E-state index >= 15 is 0 Å². The monoisotopic (exact) mass is 622 g/mol. The Morgan fingerprint density at radius 2 is 1.78 bits per heavy atom. The molecule has 6 atom stereocenters. The summed E-state index contributed by atoms with van der Waals surface area (Å²) in [6.45, 7) is 8.31. The zero-order valence-corrected chi connectivity index (χ0v) is 26.5. The largest absolute Gasteiger partial charge is 0.460 e. The van der Waals surface area contributed by atoms with E-state index in [2.05, 4.69) is 24.1 Å². The summed E-state index contributed by atoms with van der Waals surface area (Å²) >= 11 is 0. The number of unbranched alkanes of at least 4 members (excludes halogenated alkanes) is 2. The first-order valence-corrected chi connectivity index (χ1v) is 16.3. The summed E-state index contributed by atoms with van der Waals surface area (Å²) in [4.78, 5) is 60.6. The minimum absolute atomic E-state index is 0.0482. The molecule has 0 radical (unpaired) electrons. The lowest BCUT2D eigenvalue weighted by Crippen LogP contribution is -2.56. The van der Waals surface area contributed by atoms with Crippen LogP contribution in [0.4, 0.5) is 11.4 Å². The van der Waals surface area contributed by atoms with Crippen molar-refractivity contribution in [3.05, 3.63) is 48.6 Å². The van der Waals surface area contributed by atoms with E-state index in [1.165, 1.54) is 0 Å². The van der Waals surface area contributed by atoms with Gasteiger partial charge in [-0.2, -0.15) is 0 Å². The molecule has 0 unspecified atom stereocenters. The Labute approximate surface area is 265 Å². The van der Waals surface area contributed by atoms with Gasteiger partial charge < -0.3 is 34.6 Å². The molecule has 3 amide bonds. The topological polar surface area (TPSA) is 129 Å². The highest BCUT2D eigenvalue weighted by Crippen LogP contribution is 2.55. The summed E-state index contributed by atoms with van der Waals surface area (Å²) in [7, 11) is 0. The quantitative estimate of drug-likeness (QED) is 0.244. The fourth-order valence-electron chi connectivity index (χ4n) is 7.11. The number of nitrogens with one attached hydrogen (secondary N) is 1. The molecular formula is C34H46N4O7. The maximum atomic E-state index is 14.8. The highest BCUT2D eigenvalue weighted by molar-refractivity contribution is 6.05. The number of nitrogens with zero attached hydrogens (tertiary/aromatic N) is 3. The van der Waals surface area contributed by atoms with Gasteiger partial charge in [0.25, 0.3) is 5.91 Å². The van der Waals surface area contributed by atoms with Crippen molar-refractivity contribution in [2.75, 3.05) is 49.1 Å². The van der Waals surface area contributed by atoms with Crippen molar-refractivity contribution >= 4 is 35.1 Å². The van der Waals surface area contributed by atoms with Gasteiger partial charge in [0.1, 0.15) is 23.7 Å². The molecule has 2 fully saturated rings. The molecule has 244 valence electrons. The number of carbonyl (C=O) groups excluding carboxylic acids is 4. The number of ether oxygens (including phenoxy) is 2. The lowest BCUT2D eigenvalue weighted by molar-refractivity contribution is -0.158. The van der Waals surface area contributed by atoms with Gasteiger partial charge in [0, 0.05) is 50.6 Å². The maximum Gasteiger partial charge on any atom is 0.313 e. The van der Waals surface area contributed by atoms with Crippen LogP contribution in [0.3, 0.4) is 0 Å². The minimum Gasteiger partial charge on any atom is -0.460 e. The van der Waals surface area contributed by atoms with Gasteiger partial charge in [-0.05, 0) is 70.7 Å². The van der Waals surface area contributed by atoms with E-state index in [-0.39, 0.29) is 43.8 Å². The summed E-state index contributed by atoms with van der Waals surface area (Å²) in [5.74, 6) is -3.16. The second-order valence-corrected chi connectivity index (χ2v) is 12.2. The van der Waals surface area contributed by atoms with Gasteiger partial charge in [-0.1, -0.05) is 24.3 Å². The third kappa shape index (κ3) is 6.37. The average Bonchev–Trinajstić information content (AvgIpc) is 3.68. The van der Waals surface area contributed by atoms with Crippen LogP contribution in [0.1, 0.15) is 52.9 Å². The fourth-order valence-corrected chi connectivity index (χ4v) is 7.11. The Balaban J connectivity index is 1.55. The van der Waals surface area contributed by atoms with Gasteiger partial charge in [-0.3, -0.25) is 19.2 Å². The number of anilines is 2. The number of fused-ring (bicyclic) bond motifs is 2. The van der Waals surface area contributed by atoms with Crippen molar-refractivity contribution in [3.8, 4) is 0 Å². The first-order valence-electron chi connectivity index (χ1n) is 16.3. The predicted octanol–water partition coefficient (Wildman–Crippen LogP) is 2.58. The van der Waals surface area contributed by atoms with Gasteiger partial charge in [0.15, 0.2) is 0 Å². The van der Waals surface area contributed by atoms with Crippen LogP contribution in [0.15, 0.2) is 48.6 Å². The molecule has 1 aromatic carbocycles. The zero-order chi connectivity index (χ0) is 32.1. The Morgan fingerprint density at radius 1 is 1.02 bits per heavy atom. The highest BCUT2D eigenvalue weighted by Gasteiger charge is 2.73. The number of likely N-dealkylation sites (tertiary alicyclic amines) is 1. The van der Waals surface area contributed by atoms with E-state index in [0.717, 1.165) is 18.8 Å². The molecule has 11 nitrogen and oxygen atoms in total. The van der Waals surface area contributed by atoms with Crippen LogP contribution < -0.4 is 15.1 Å². The number of esters is 1. The van der Waals surface area contributed by atoms with Crippen LogP contribution in [0.25, 0.3) is 0 Å². The van der Waals surface area contributed by atoms with Gasteiger partial charge in [0.05, 0.1) is 18.6 Å². The number of hydrogen-bond acceptors (Lipinski definition) is 8. The molecule has 1 spiro atoms. The van der Waals surface area contributed by atoms with Gasteiger partial charge in [-0.15, -0.1) is 0 Å². The van der Waals surface area contributed by atoms with Crippen LogP contribution >= 0.6 is 0 Å². The number of aliphatic hydroxyl groups is 1. The number of hydrogen-bond donors (Lipinski definition) is 2. The zero-order valence-electron chi connectivity index (χ0n) is 26.5. The molecule has 4 aliphatic heterocycles. The summed E-state index contributed by atoms with van der Waals surface area (Å²) < 4.78 is 12.2. The molecule has 2 N–H and O–H groups in total. The van der Waals surface area contributed by atoms with Crippen molar-refractivity contribution in [1.82, 2.24) is 10.2 Å². The van der Waals surface area contributed by atoms with E-state index in [1.54, 1.807) is 28.9 Å². The molecule has 45 heavy (non-hydrogen) atoms. The van der Waals surface area contributed by atoms with Crippen LogP contribution in [-0.2, 0) is 28.7 Å². The van der Waals surface area contributed by atoms with Gasteiger partial charge in [0.2, 0.25) is 11.8 Å². The molecular weight excluding hydrogens is 576 g/mol. The highest BCUT2D eigenvalue weighted by atomic mass is 16.6. The van der Waals surface area contributed by atoms with Crippen molar-refractivity contribution in [1.29, 1.82) is 0 Å². The van der Waals surface area contributed by atoms with Crippen LogP contribution in [0.5, 0.6) is 0 Å². The molecule has 1 aromatic rings. The molecule has 0 aromatic heterocycles. The number of aliphatic hydroxyl groups excluding tert-OH is 1. The molecule has 4 heterocycles. The fraction of sp³-hybridized carbons (Fsp3) is 0.588. The molecule has 5 bridgehead atoms. The van der Waals surface area contributed by atoms with E-state index < -0.39 is 41.7 Å². The van der Waals surface area contributed by atoms with E-state index in [0.29, 0.717) is 37.9 Å². The predicted molar refractivity (Wildman–Crippen MR) is 169 cm³/mol. The second kappa shape index (κ2) is 14.2. The number of rotatable bonds is 9. The van der Waals surface area contributed by atoms with Crippen molar-refractivity contribution < 1.29 is 33.8 Å². The van der Waals surface area contributed by atoms with Crippen LogP contribution in [0, 0.1) is 11.8 Å². The van der Waals surface area contributed by atoms with Crippen LogP contribution in [-0.4, -0.2) is 96.9 Å². The Kier molecular flexibility index (Phi) is 10.3. The molecule has 0 saturated carbocycles. The summed E-state index contributed by atoms with van der Waals surface area (Å²) in [6, 6.07) is 6.82. The summed E-state index contributed by atoms with van der Waals surface area (Å²) in [5.41, 5.74) is 0.401. The van der Waals surface area contributed by atoms with Crippen molar-refractivity contribution in [2.24, 2.45) is 11.8 Å². The summed E-state index contributed by atoms with van der Waals surface area (Å²) in [6.07, 6.45) is 8.64. The smallest absolute Gasteiger partial charge is 0.313 e. The molecule has 0 aliphatic carbocycles. The molecule has 4 aliphatic rings. The number of cyclic esters (lactones) is 1. The summed E-state index contributed by atoms with van der Waals surface area (Å²) in [5, 5.41) is 12.1. The minimum atomic E-state index is -1.31. The molecule has 2 saturated heterocycles.